The van der Waals surface area contributed by atoms with E-state index in [1.54, 1.807) is 0 Å². The molecule has 0 heterocycles. The molecular formula is C13H25O4P. The lowest BCUT2D eigenvalue weighted by molar-refractivity contribution is -0.117. The van der Waals surface area contributed by atoms with E-state index in [1.165, 1.54) is 0 Å². The minimum absolute atomic E-state index is 0.0475. The van der Waals surface area contributed by atoms with Crippen LogP contribution in [0.4, 0.5) is 0 Å². The van der Waals surface area contributed by atoms with Crippen molar-refractivity contribution in [2.24, 2.45) is 0 Å². The molecule has 0 radical (unpaired) electrons. The molecule has 0 aromatic heterocycles. The zero-order valence-electron chi connectivity index (χ0n) is 11.5. The Bertz CT molecular complexity index is 289. The molecule has 1 aliphatic rings. The molecule has 4 nitrogen and oxygen atoms in total. The zero-order valence-corrected chi connectivity index (χ0v) is 12.4. The van der Waals surface area contributed by atoms with Gasteiger partial charge < -0.3 is 9.05 Å². The van der Waals surface area contributed by atoms with Gasteiger partial charge in [-0.2, -0.15) is 0 Å². The summed E-state index contributed by atoms with van der Waals surface area (Å²) < 4.78 is 23.7. The predicted molar refractivity (Wildman–Crippen MR) is 72.0 cm³/mol. The molecule has 0 spiro atoms. The second-order valence-corrected chi connectivity index (χ2v) is 7.01. The minimum Gasteiger partial charge on any atom is -0.308 e. The molecule has 18 heavy (non-hydrogen) atoms. The first-order valence-electron chi connectivity index (χ1n) is 7.05. The molecular weight excluding hydrogens is 251 g/mol. The third kappa shape index (κ3) is 4.49. The SMILES string of the molecule is CCCCOP(=O)(OCCCC)C1CCCC1=O. The lowest BCUT2D eigenvalue weighted by Crippen LogP contribution is -2.18. The number of hydrogen-bond acceptors (Lipinski definition) is 4. The minimum atomic E-state index is -3.23. The van der Waals surface area contributed by atoms with Crippen LogP contribution in [0.25, 0.3) is 0 Å². The topological polar surface area (TPSA) is 52.6 Å². The van der Waals surface area contributed by atoms with Crippen molar-refractivity contribution in [2.75, 3.05) is 13.2 Å². The molecule has 1 saturated carbocycles. The maximum absolute atomic E-state index is 12.7. The van der Waals surface area contributed by atoms with Gasteiger partial charge in [0, 0.05) is 6.42 Å². The van der Waals surface area contributed by atoms with E-state index in [4.69, 9.17) is 9.05 Å². The van der Waals surface area contributed by atoms with Gasteiger partial charge in [0.2, 0.25) is 0 Å². The van der Waals surface area contributed by atoms with Gasteiger partial charge in [0.25, 0.3) is 0 Å². The van der Waals surface area contributed by atoms with Crippen LogP contribution in [0.3, 0.4) is 0 Å². The summed E-state index contributed by atoms with van der Waals surface area (Å²) in [5, 5.41) is 0. The molecule has 5 heteroatoms. The number of rotatable bonds is 9. The number of unbranched alkanes of at least 4 members (excludes halogenated alkanes) is 2. The molecule has 1 atom stereocenters. The Balaban J connectivity index is 2.60. The van der Waals surface area contributed by atoms with Gasteiger partial charge in [0.15, 0.2) is 0 Å². The first-order valence-corrected chi connectivity index (χ1v) is 8.66. The molecule has 1 aliphatic carbocycles. The average molecular weight is 276 g/mol. The summed E-state index contributed by atoms with van der Waals surface area (Å²) >= 11 is 0. The van der Waals surface area contributed by atoms with Gasteiger partial charge in [-0.15, -0.1) is 0 Å². The van der Waals surface area contributed by atoms with E-state index >= 15 is 0 Å². The smallest absolute Gasteiger partial charge is 0.308 e. The molecule has 0 bridgehead atoms. The fourth-order valence-electron chi connectivity index (χ4n) is 2.02. The molecule has 106 valence electrons. The van der Waals surface area contributed by atoms with Crippen LogP contribution in [0.5, 0.6) is 0 Å². The lowest BCUT2D eigenvalue weighted by atomic mass is 10.3. The van der Waals surface area contributed by atoms with Crippen LogP contribution >= 0.6 is 7.60 Å². The van der Waals surface area contributed by atoms with Crippen LogP contribution in [0.2, 0.25) is 0 Å². The van der Waals surface area contributed by atoms with E-state index in [-0.39, 0.29) is 5.78 Å². The van der Waals surface area contributed by atoms with Crippen LogP contribution in [-0.2, 0) is 18.4 Å². The van der Waals surface area contributed by atoms with E-state index in [0.29, 0.717) is 26.1 Å². The van der Waals surface area contributed by atoms with E-state index in [9.17, 15) is 9.36 Å². The highest BCUT2D eigenvalue weighted by Gasteiger charge is 2.43. The monoisotopic (exact) mass is 276 g/mol. The highest BCUT2D eigenvalue weighted by Crippen LogP contribution is 2.57. The van der Waals surface area contributed by atoms with E-state index in [0.717, 1.165) is 32.1 Å². The molecule has 1 unspecified atom stereocenters. The highest BCUT2D eigenvalue weighted by atomic mass is 31.2. The number of carbonyl (C=O) groups excluding carboxylic acids is 1. The first-order chi connectivity index (χ1) is 8.64. The summed E-state index contributed by atoms with van der Waals surface area (Å²) in [6, 6.07) is 0. The Labute approximate surface area is 110 Å². The van der Waals surface area contributed by atoms with Crippen LogP contribution in [0, 0.1) is 0 Å². The lowest BCUT2D eigenvalue weighted by Gasteiger charge is -2.22. The second-order valence-electron chi connectivity index (χ2n) is 4.79. The molecule has 0 N–H and O–H groups in total. The van der Waals surface area contributed by atoms with Gasteiger partial charge in [0.1, 0.15) is 11.4 Å². The molecule has 0 aromatic rings. The molecule has 1 rings (SSSR count). The predicted octanol–water partition coefficient (Wildman–Crippen LogP) is 3.93. The molecule has 0 amide bonds. The Kier molecular flexibility index (Phi) is 7.13. The molecule has 0 aromatic carbocycles. The average Bonchev–Trinajstić information content (AvgIpc) is 2.77. The summed E-state index contributed by atoms with van der Waals surface area (Å²) in [6.45, 7) is 4.94. The Hall–Kier alpha value is -0.180. The van der Waals surface area contributed by atoms with Gasteiger partial charge in [0.05, 0.1) is 13.2 Å². The Morgan fingerprint density at radius 2 is 1.72 bits per heavy atom. The quantitative estimate of drug-likeness (QED) is 0.473. The van der Waals surface area contributed by atoms with Crippen LogP contribution < -0.4 is 0 Å². The van der Waals surface area contributed by atoms with E-state index in [2.05, 4.69) is 0 Å². The van der Waals surface area contributed by atoms with Gasteiger partial charge in [-0.3, -0.25) is 9.36 Å². The van der Waals surface area contributed by atoms with Crippen molar-refractivity contribution in [3.63, 3.8) is 0 Å². The summed E-state index contributed by atoms with van der Waals surface area (Å²) in [4.78, 5) is 11.8. The maximum Gasteiger partial charge on any atom is 0.341 e. The third-order valence-electron chi connectivity index (χ3n) is 3.19. The number of carbonyl (C=O) groups is 1. The van der Waals surface area contributed by atoms with Crippen molar-refractivity contribution in [1.82, 2.24) is 0 Å². The molecule has 0 saturated heterocycles. The molecule has 0 aliphatic heterocycles. The number of ketones is 1. The summed E-state index contributed by atoms with van der Waals surface area (Å²) in [7, 11) is -3.23. The first kappa shape index (κ1) is 15.9. The van der Waals surface area contributed by atoms with Crippen molar-refractivity contribution in [3.8, 4) is 0 Å². The maximum atomic E-state index is 12.7. The van der Waals surface area contributed by atoms with Crippen LogP contribution in [0.1, 0.15) is 58.8 Å². The summed E-state index contributed by atoms with van der Waals surface area (Å²) in [6.07, 6.45) is 5.63. The summed E-state index contributed by atoms with van der Waals surface area (Å²) in [5.74, 6) is 0.0475. The summed E-state index contributed by atoms with van der Waals surface area (Å²) in [5.41, 5.74) is -0.508. The number of hydrogen-bond donors (Lipinski definition) is 0. The van der Waals surface area contributed by atoms with Crippen molar-refractivity contribution in [2.45, 2.75) is 64.5 Å². The highest BCUT2D eigenvalue weighted by molar-refractivity contribution is 7.55. The van der Waals surface area contributed by atoms with Crippen LogP contribution in [-0.4, -0.2) is 24.7 Å². The van der Waals surface area contributed by atoms with Crippen molar-refractivity contribution >= 4 is 13.4 Å². The number of Topliss-reactive ketones (excluding diaryl/α,β-unsaturated/α-hetero) is 1. The van der Waals surface area contributed by atoms with Gasteiger partial charge >= 0.3 is 7.60 Å². The second kappa shape index (κ2) is 8.08. The zero-order chi connectivity index (χ0) is 13.4. The standard InChI is InChI=1S/C13H25O4P/c1-3-5-10-16-18(15,17-11-6-4-2)13-9-7-8-12(13)14/h13H,3-11H2,1-2H3. The van der Waals surface area contributed by atoms with Gasteiger partial charge in [-0.05, 0) is 25.7 Å². The Morgan fingerprint density at radius 1 is 1.17 bits per heavy atom. The fraction of sp³-hybridized carbons (Fsp3) is 0.923. The fourth-order valence-corrected chi connectivity index (χ4v) is 4.20. The van der Waals surface area contributed by atoms with Gasteiger partial charge in [-0.25, -0.2) is 0 Å². The van der Waals surface area contributed by atoms with Crippen molar-refractivity contribution in [3.05, 3.63) is 0 Å². The van der Waals surface area contributed by atoms with E-state index in [1.807, 2.05) is 13.8 Å². The van der Waals surface area contributed by atoms with Crippen molar-refractivity contribution < 1.29 is 18.4 Å². The largest absolute Gasteiger partial charge is 0.341 e. The molecule has 1 fully saturated rings. The van der Waals surface area contributed by atoms with Gasteiger partial charge in [-0.1, -0.05) is 26.7 Å². The van der Waals surface area contributed by atoms with E-state index < -0.39 is 13.3 Å². The Morgan fingerprint density at radius 3 is 2.11 bits per heavy atom. The normalized spacial score (nSPS) is 20.6. The van der Waals surface area contributed by atoms with Crippen molar-refractivity contribution in [1.29, 1.82) is 0 Å². The third-order valence-corrected chi connectivity index (χ3v) is 5.59. The van der Waals surface area contributed by atoms with Crippen LogP contribution in [0.15, 0.2) is 0 Å².